The number of benzene rings is 1. The normalized spacial score (nSPS) is 29.0. The lowest BCUT2D eigenvalue weighted by molar-refractivity contribution is 0.0309. The molecule has 3 unspecified atom stereocenters. The van der Waals surface area contributed by atoms with Gasteiger partial charge in [-0.1, -0.05) is 0 Å². The van der Waals surface area contributed by atoms with Crippen LogP contribution in [-0.4, -0.2) is 65.7 Å². The second-order valence-corrected chi connectivity index (χ2v) is 8.55. The van der Waals surface area contributed by atoms with Crippen LogP contribution in [0.1, 0.15) is 55.8 Å². The minimum absolute atomic E-state index is 0.0277. The van der Waals surface area contributed by atoms with Crippen LogP contribution in [-0.2, 0) is 4.74 Å². The Balaban J connectivity index is 1.35. The van der Waals surface area contributed by atoms with Crippen molar-refractivity contribution in [2.75, 3.05) is 19.7 Å². The third-order valence-corrected chi connectivity index (χ3v) is 6.67. The monoisotopic (exact) mass is 421 g/mol. The highest BCUT2D eigenvalue weighted by Crippen LogP contribution is 2.38. The summed E-state index contributed by atoms with van der Waals surface area (Å²) in [7, 11) is 0. The lowest BCUT2D eigenvalue weighted by atomic mass is 9.93. The minimum Gasteiger partial charge on any atom is -0.450 e. The van der Waals surface area contributed by atoms with Gasteiger partial charge in [-0.05, 0) is 70.2 Å². The van der Waals surface area contributed by atoms with Crippen LogP contribution in [0.2, 0.25) is 0 Å². The van der Waals surface area contributed by atoms with Gasteiger partial charge in [0.15, 0.2) is 11.6 Å². The molecule has 0 saturated carbocycles. The summed E-state index contributed by atoms with van der Waals surface area (Å²) >= 11 is 0. The molecular weight excluding hydrogens is 392 g/mol. The van der Waals surface area contributed by atoms with Gasteiger partial charge in [0.05, 0.1) is 6.61 Å². The molecule has 8 heteroatoms. The molecule has 3 aliphatic heterocycles. The van der Waals surface area contributed by atoms with Crippen LogP contribution in [0.15, 0.2) is 18.2 Å². The Labute approximate surface area is 175 Å². The van der Waals surface area contributed by atoms with Gasteiger partial charge >= 0.3 is 6.09 Å². The molecule has 164 valence electrons. The first-order valence-electron chi connectivity index (χ1n) is 10.9. The number of rotatable bonds is 4. The number of likely N-dealkylation sites (tertiary alicyclic amines) is 1. The van der Waals surface area contributed by atoms with Crippen LogP contribution >= 0.6 is 0 Å². The van der Waals surface area contributed by atoms with Crippen molar-refractivity contribution in [3.8, 4) is 0 Å². The molecule has 3 saturated heterocycles. The maximum absolute atomic E-state index is 13.4. The molecule has 3 atom stereocenters. The summed E-state index contributed by atoms with van der Waals surface area (Å²) in [4.78, 5) is 29.1. The molecule has 1 aromatic carbocycles. The Morgan fingerprint density at radius 1 is 1.10 bits per heavy atom. The number of hydrogen-bond acceptors (Lipinski definition) is 4. The van der Waals surface area contributed by atoms with E-state index in [2.05, 4.69) is 10.2 Å². The predicted molar refractivity (Wildman–Crippen MR) is 107 cm³/mol. The number of fused-ring (bicyclic) bond motifs is 2. The Kier molecular flexibility index (Phi) is 6.22. The largest absolute Gasteiger partial charge is 0.450 e. The predicted octanol–water partition coefficient (Wildman–Crippen LogP) is 3.31. The number of ether oxygens (including phenoxy) is 1. The molecular formula is C22H29F2N3O3. The Morgan fingerprint density at radius 3 is 2.50 bits per heavy atom. The first-order chi connectivity index (χ1) is 14.5. The average molecular weight is 421 g/mol. The number of piperidine rings is 2. The van der Waals surface area contributed by atoms with Crippen molar-refractivity contribution in [3.05, 3.63) is 35.4 Å². The van der Waals surface area contributed by atoms with Crippen molar-refractivity contribution in [2.24, 2.45) is 0 Å². The molecule has 30 heavy (non-hydrogen) atoms. The van der Waals surface area contributed by atoms with Gasteiger partial charge in [-0.15, -0.1) is 0 Å². The lowest BCUT2D eigenvalue weighted by Crippen LogP contribution is -2.56. The Hall–Kier alpha value is -2.22. The topological polar surface area (TPSA) is 61.9 Å². The van der Waals surface area contributed by atoms with Crippen LogP contribution < -0.4 is 5.32 Å². The number of hydrogen-bond donors (Lipinski definition) is 1. The fraction of sp³-hybridized carbons (Fsp3) is 0.636. The van der Waals surface area contributed by atoms with Crippen molar-refractivity contribution < 1.29 is 23.1 Å². The van der Waals surface area contributed by atoms with Crippen LogP contribution in [0.4, 0.5) is 13.6 Å². The Bertz CT molecular complexity index is 792. The lowest BCUT2D eigenvalue weighted by Gasteiger charge is -2.45. The molecule has 6 nitrogen and oxygen atoms in total. The number of nitrogens with one attached hydrogen (secondary N) is 1. The zero-order valence-electron chi connectivity index (χ0n) is 17.3. The third kappa shape index (κ3) is 4.29. The van der Waals surface area contributed by atoms with E-state index >= 15 is 0 Å². The van der Waals surface area contributed by atoms with Crippen LogP contribution in [0.5, 0.6) is 0 Å². The summed E-state index contributed by atoms with van der Waals surface area (Å²) in [5.74, 6) is -2.35. The smallest absolute Gasteiger partial charge is 0.410 e. The summed E-state index contributed by atoms with van der Waals surface area (Å²) in [5, 5.41) is 2.98. The number of carbonyl (C=O) groups excluding carboxylic acids is 2. The van der Waals surface area contributed by atoms with Gasteiger partial charge in [0.25, 0.3) is 5.91 Å². The van der Waals surface area contributed by atoms with E-state index in [1.807, 2.05) is 11.8 Å². The van der Waals surface area contributed by atoms with E-state index in [1.165, 1.54) is 6.07 Å². The number of amides is 2. The SMILES string of the molecule is CCOC(=O)N1C2CCC1CC(N1CCCC(NC(=O)c3ccc(F)c(F)c3)C1)C2. The van der Waals surface area contributed by atoms with Gasteiger partial charge in [0.2, 0.25) is 0 Å². The van der Waals surface area contributed by atoms with Crippen molar-refractivity contribution in [1.82, 2.24) is 15.1 Å². The summed E-state index contributed by atoms with van der Waals surface area (Å²) in [6.07, 6.45) is 5.53. The first kappa shape index (κ1) is 21.0. The van der Waals surface area contributed by atoms with Gasteiger partial charge in [0.1, 0.15) is 0 Å². The molecule has 2 amide bonds. The second-order valence-electron chi connectivity index (χ2n) is 8.55. The zero-order chi connectivity index (χ0) is 21.3. The first-order valence-corrected chi connectivity index (χ1v) is 10.9. The summed E-state index contributed by atoms with van der Waals surface area (Å²) < 4.78 is 31.8. The highest BCUT2D eigenvalue weighted by atomic mass is 19.2. The van der Waals surface area contributed by atoms with E-state index in [4.69, 9.17) is 4.74 Å². The van der Waals surface area contributed by atoms with Crippen molar-refractivity contribution >= 4 is 12.0 Å². The fourth-order valence-corrected chi connectivity index (χ4v) is 5.30. The van der Waals surface area contributed by atoms with Gasteiger partial charge in [0, 0.05) is 36.3 Å². The van der Waals surface area contributed by atoms with Crippen LogP contribution in [0.3, 0.4) is 0 Å². The standard InChI is InChI=1S/C22H29F2N3O3/c1-2-30-22(29)27-16-6-7-17(27)12-18(11-16)26-9-3-4-15(13-26)25-21(28)14-5-8-19(23)20(24)10-14/h5,8,10,15-18H,2-4,6-7,9,11-13H2,1H3,(H,25,28). The minimum atomic E-state index is -1.02. The molecule has 4 rings (SSSR count). The van der Waals surface area contributed by atoms with Crippen molar-refractivity contribution in [1.29, 1.82) is 0 Å². The van der Waals surface area contributed by atoms with Crippen molar-refractivity contribution in [2.45, 2.75) is 69.6 Å². The van der Waals surface area contributed by atoms with E-state index in [-0.39, 0.29) is 35.7 Å². The molecule has 2 bridgehead atoms. The maximum atomic E-state index is 13.4. The summed E-state index contributed by atoms with van der Waals surface area (Å²) in [6.45, 7) is 3.93. The fourth-order valence-electron chi connectivity index (χ4n) is 5.30. The summed E-state index contributed by atoms with van der Waals surface area (Å²) in [6, 6.07) is 4.03. The molecule has 0 aliphatic carbocycles. The van der Waals surface area contributed by atoms with Crippen molar-refractivity contribution in [3.63, 3.8) is 0 Å². The summed E-state index contributed by atoms with van der Waals surface area (Å²) in [5.41, 5.74) is 0.131. The molecule has 3 aliphatic rings. The highest BCUT2D eigenvalue weighted by Gasteiger charge is 2.45. The number of halogens is 2. The van der Waals surface area contributed by atoms with Gasteiger partial charge in [-0.3, -0.25) is 9.69 Å². The van der Waals surface area contributed by atoms with Gasteiger partial charge in [-0.25, -0.2) is 13.6 Å². The average Bonchev–Trinajstić information content (AvgIpc) is 3.00. The van der Waals surface area contributed by atoms with E-state index in [0.717, 1.165) is 63.7 Å². The number of carbonyl (C=O) groups is 2. The molecule has 0 aromatic heterocycles. The maximum Gasteiger partial charge on any atom is 0.410 e. The van der Waals surface area contributed by atoms with Gasteiger partial charge in [-0.2, -0.15) is 0 Å². The molecule has 1 aromatic rings. The molecule has 1 N–H and O–H groups in total. The molecule has 3 fully saturated rings. The van der Waals surface area contributed by atoms with Crippen LogP contribution in [0.25, 0.3) is 0 Å². The molecule has 3 heterocycles. The third-order valence-electron chi connectivity index (χ3n) is 6.67. The zero-order valence-corrected chi connectivity index (χ0v) is 17.3. The van der Waals surface area contributed by atoms with E-state index < -0.39 is 11.6 Å². The number of nitrogens with zero attached hydrogens (tertiary/aromatic N) is 2. The molecule has 0 spiro atoms. The Morgan fingerprint density at radius 2 is 1.83 bits per heavy atom. The van der Waals surface area contributed by atoms with Crippen LogP contribution in [0, 0.1) is 11.6 Å². The van der Waals surface area contributed by atoms with Gasteiger partial charge < -0.3 is 15.0 Å². The van der Waals surface area contributed by atoms with E-state index in [0.29, 0.717) is 12.6 Å². The second kappa shape index (κ2) is 8.88. The highest BCUT2D eigenvalue weighted by molar-refractivity contribution is 5.94. The van der Waals surface area contributed by atoms with E-state index in [9.17, 15) is 18.4 Å². The van der Waals surface area contributed by atoms with E-state index in [1.54, 1.807) is 0 Å². The molecule has 0 radical (unpaired) electrons. The quantitative estimate of drug-likeness (QED) is 0.810.